The zero-order chi connectivity index (χ0) is 14.7. The van der Waals surface area contributed by atoms with Crippen LogP contribution in [0.4, 0.5) is 0 Å². The molecule has 0 aliphatic heterocycles. The highest BCUT2D eigenvalue weighted by atomic mass is 32.1. The number of rotatable bonds is 5. The van der Waals surface area contributed by atoms with Crippen LogP contribution >= 0.6 is 22.7 Å². The molecule has 21 heavy (non-hydrogen) atoms. The summed E-state index contributed by atoms with van der Waals surface area (Å²) in [6.45, 7) is 0.116. The van der Waals surface area contributed by atoms with E-state index in [0.29, 0.717) is 11.3 Å². The van der Waals surface area contributed by atoms with Gasteiger partial charge in [-0.05, 0) is 35.0 Å². The standard InChI is InChI=1S/C15H13NO3S2/c17-12(7-16-15(18)11-4-6-21-9-11)14-2-1-13(19-14)10-3-5-20-8-10/h1-6,8-9,12,17H,7H2,(H,16,18)/t12-/m0/s1. The Balaban J connectivity index is 1.61. The van der Waals surface area contributed by atoms with Gasteiger partial charge in [0.25, 0.3) is 5.91 Å². The molecule has 3 aromatic heterocycles. The van der Waals surface area contributed by atoms with Crippen LogP contribution in [-0.2, 0) is 0 Å². The Morgan fingerprint density at radius 2 is 2.00 bits per heavy atom. The second kappa shape index (κ2) is 6.26. The summed E-state index contributed by atoms with van der Waals surface area (Å²) in [5.41, 5.74) is 1.59. The number of thiophene rings is 2. The minimum Gasteiger partial charge on any atom is -0.458 e. The van der Waals surface area contributed by atoms with Crippen LogP contribution in [0.1, 0.15) is 22.2 Å². The number of aliphatic hydroxyl groups excluding tert-OH is 1. The molecule has 2 N–H and O–H groups in total. The molecule has 108 valence electrons. The highest BCUT2D eigenvalue weighted by Crippen LogP contribution is 2.26. The smallest absolute Gasteiger partial charge is 0.252 e. The number of carbonyl (C=O) groups excluding carboxylic acids is 1. The summed E-state index contributed by atoms with van der Waals surface area (Å²) >= 11 is 3.05. The van der Waals surface area contributed by atoms with Crippen LogP contribution in [0.2, 0.25) is 0 Å². The number of furan rings is 1. The van der Waals surface area contributed by atoms with E-state index in [0.717, 1.165) is 11.3 Å². The number of hydrogen-bond donors (Lipinski definition) is 2. The molecule has 3 rings (SSSR count). The second-order valence-electron chi connectivity index (χ2n) is 4.45. The zero-order valence-corrected chi connectivity index (χ0v) is 12.6. The van der Waals surface area contributed by atoms with E-state index in [2.05, 4.69) is 5.32 Å². The monoisotopic (exact) mass is 319 g/mol. The topological polar surface area (TPSA) is 62.5 Å². The number of carbonyl (C=O) groups is 1. The lowest BCUT2D eigenvalue weighted by molar-refractivity contribution is 0.0902. The van der Waals surface area contributed by atoms with E-state index in [1.807, 2.05) is 28.3 Å². The first-order chi connectivity index (χ1) is 10.2. The fraction of sp³-hybridized carbons (Fsp3) is 0.133. The van der Waals surface area contributed by atoms with E-state index >= 15 is 0 Å². The number of hydrogen-bond acceptors (Lipinski definition) is 5. The Kier molecular flexibility index (Phi) is 4.19. The Bertz CT molecular complexity index is 701. The van der Waals surface area contributed by atoms with Crippen molar-refractivity contribution >= 4 is 28.6 Å². The third kappa shape index (κ3) is 3.24. The maximum atomic E-state index is 11.8. The first-order valence-corrected chi connectivity index (χ1v) is 8.23. The minimum absolute atomic E-state index is 0.116. The molecule has 3 aromatic rings. The van der Waals surface area contributed by atoms with E-state index in [1.165, 1.54) is 11.3 Å². The van der Waals surface area contributed by atoms with E-state index in [1.54, 1.807) is 28.8 Å². The highest BCUT2D eigenvalue weighted by Gasteiger charge is 2.15. The van der Waals surface area contributed by atoms with Crippen LogP contribution < -0.4 is 5.32 Å². The van der Waals surface area contributed by atoms with E-state index in [9.17, 15) is 9.90 Å². The zero-order valence-electron chi connectivity index (χ0n) is 11.0. The van der Waals surface area contributed by atoms with Gasteiger partial charge in [-0.1, -0.05) is 0 Å². The highest BCUT2D eigenvalue weighted by molar-refractivity contribution is 7.08. The molecule has 0 fully saturated rings. The normalized spacial score (nSPS) is 12.2. The largest absolute Gasteiger partial charge is 0.458 e. The molecule has 6 heteroatoms. The van der Waals surface area contributed by atoms with Crippen molar-refractivity contribution in [2.24, 2.45) is 0 Å². The van der Waals surface area contributed by atoms with Crippen molar-refractivity contribution < 1.29 is 14.3 Å². The molecule has 0 aliphatic carbocycles. The van der Waals surface area contributed by atoms with E-state index in [-0.39, 0.29) is 12.5 Å². The molecular weight excluding hydrogens is 306 g/mol. The molecule has 0 aliphatic rings. The molecule has 4 nitrogen and oxygen atoms in total. The predicted molar refractivity (Wildman–Crippen MR) is 83.6 cm³/mol. The maximum Gasteiger partial charge on any atom is 0.252 e. The van der Waals surface area contributed by atoms with Gasteiger partial charge in [0.15, 0.2) is 0 Å². The molecule has 1 amide bonds. The Labute approximate surface area is 129 Å². The van der Waals surface area contributed by atoms with Gasteiger partial charge in [-0.2, -0.15) is 22.7 Å². The van der Waals surface area contributed by atoms with Crippen molar-refractivity contribution in [3.8, 4) is 11.3 Å². The first-order valence-electron chi connectivity index (χ1n) is 6.35. The molecule has 3 heterocycles. The summed E-state index contributed by atoms with van der Waals surface area (Å²) in [5.74, 6) is 0.969. The molecule has 0 bridgehead atoms. The van der Waals surface area contributed by atoms with Gasteiger partial charge in [0.2, 0.25) is 0 Å². The van der Waals surface area contributed by atoms with Crippen molar-refractivity contribution in [1.29, 1.82) is 0 Å². The van der Waals surface area contributed by atoms with Crippen LogP contribution in [0, 0.1) is 0 Å². The first kappa shape index (κ1) is 14.1. The van der Waals surface area contributed by atoms with Crippen molar-refractivity contribution in [3.63, 3.8) is 0 Å². The molecule has 0 aromatic carbocycles. The molecule has 0 radical (unpaired) electrons. The lowest BCUT2D eigenvalue weighted by Crippen LogP contribution is -2.27. The quantitative estimate of drug-likeness (QED) is 0.756. The lowest BCUT2D eigenvalue weighted by Gasteiger charge is -2.09. The Morgan fingerprint density at radius 3 is 2.71 bits per heavy atom. The summed E-state index contributed by atoms with van der Waals surface area (Å²) < 4.78 is 5.62. The van der Waals surface area contributed by atoms with Crippen molar-refractivity contribution in [1.82, 2.24) is 5.32 Å². The van der Waals surface area contributed by atoms with Crippen LogP contribution in [0.5, 0.6) is 0 Å². The van der Waals surface area contributed by atoms with E-state index < -0.39 is 6.10 Å². The predicted octanol–water partition coefficient (Wildman–Crippen LogP) is 3.53. The number of aliphatic hydroxyl groups is 1. The van der Waals surface area contributed by atoms with Gasteiger partial charge >= 0.3 is 0 Å². The molecule has 0 saturated carbocycles. The molecule has 0 spiro atoms. The Hall–Kier alpha value is -1.89. The molecular formula is C15H13NO3S2. The summed E-state index contributed by atoms with van der Waals surface area (Å²) in [6, 6.07) is 7.25. The second-order valence-corrected chi connectivity index (χ2v) is 6.01. The van der Waals surface area contributed by atoms with Crippen LogP contribution in [-0.4, -0.2) is 17.6 Å². The summed E-state index contributed by atoms with van der Waals surface area (Å²) in [7, 11) is 0. The van der Waals surface area contributed by atoms with Gasteiger partial charge < -0.3 is 14.8 Å². The number of amides is 1. The van der Waals surface area contributed by atoms with Gasteiger partial charge in [0, 0.05) is 21.9 Å². The molecule has 1 atom stereocenters. The van der Waals surface area contributed by atoms with Crippen molar-refractivity contribution in [2.45, 2.75) is 6.10 Å². The fourth-order valence-corrected chi connectivity index (χ4v) is 3.16. The summed E-state index contributed by atoms with van der Waals surface area (Å²) in [6.07, 6.45) is -0.861. The van der Waals surface area contributed by atoms with E-state index in [4.69, 9.17) is 4.42 Å². The number of nitrogens with one attached hydrogen (secondary N) is 1. The maximum absolute atomic E-state index is 11.8. The third-order valence-corrected chi connectivity index (χ3v) is 4.37. The van der Waals surface area contributed by atoms with Gasteiger partial charge in [-0.3, -0.25) is 4.79 Å². The summed E-state index contributed by atoms with van der Waals surface area (Å²) in [5, 5.41) is 20.3. The van der Waals surface area contributed by atoms with Crippen LogP contribution in [0.15, 0.2) is 50.2 Å². The van der Waals surface area contributed by atoms with Crippen molar-refractivity contribution in [3.05, 3.63) is 57.1 Å². The SMILES string of the molecule is O=C(NC[C@H](O)c1ccc(-c2ccsc2)o1)c1ccsc1. The van der Waals surface area contributed by atoms with Crippen LogP contribution in [0.25, 0.3) is 11.3 Å². The minimum atomic E-state index is -0.861. The van der Waals surface area contributed by atoms with Gasteiger partial charge in [0.05, 0.1) is 6.54 Å². The average Bonchev–Trinajstić information content (AvgIpc) is 3.25. The average molecular weight is 319 g/mol. The summed E-state index contributed by atoms with van der Waals surface area (Å²) in [4.78, 5) is 11.8. The van der Waals surface area contributed by atoms with Gasteiger partial charge in [0.1, 0.15) is 17.6 Å². The third-order valence-electron chi connectivity index (χ3n) is 3.00. The molecule has 0 unspecified atom stereocenters. The fourth-order valence-electron chi connectivity index (χ4n) is 1.88. The molecule has 0 saturated heterocycles. The lowest BCUT2D eigenvalue weighted by atomic mass is 10.2. The van der Waals surface area contributed by atoms with Crippen LogP contribution in [0.3, 0.4) is 0 Å². The van der Waals surface area contributed by atoms with Gasteiger partial charge in [-0.25, -0.2) is 0 Å². The van der Waals surface area contributed by atoms with Crippen molar-refractivity contribution in [2.75, 3.05) is 6.54 Å². The Morgan fingerprint density at radius 1 is 1.19 bits per heavy atom. The van der Waals surface area contributed by atoms with Gasteiger partial charge in [-0.15, -0.1) is 0 Å².